The van der Waals surface area contributed by atoms with Crippen molar-refractivity contribution in [1.82, 2.24) is 9.88 Å². The van der Waals surface area contributed by atoms with Crippen molar-refractivity contribution in [2.45, 2.75) is 19.9 Å². The molecule has 1 N–H and O–H groups in total. The Labute approximate surface area is 117 Å². The molecule has 0 aromatic carbocycles. The second kappa shape index (κ2) is 5.75. The van der Waals surface area contributed by atoms with Crippen molar-refractivity contribution in [2.75, 3.05) is 31.1 Å². The van der Waals surface area contributed by atoms with Crippen molar-refractivity contribution in [3.8, 4) is 0 Å². The summed E-state index contributed by atoms with van der Waals surface area (Å²) in [6.45, 7) is 8.02. The molecule has 19 heavy (non-hydrogen) atoms. The molecule has 0 radical (unpaired) electrons. The van der Waals surface area contributed by atoms with Crippen LogP contribution in [-0.4, -0.2) is 53.2 Å². The summed E-state index contributed by atoms with van der Waals surface area (Å²) in [5, 5.41) is 9.29. The average molecular weight is 284 g/mol. The highest BCUT2D eigenvalue weighted by Crippen LogP contribution is 2.25. The van der Waals surface area contributed by atoms with Crippen molar-refractivity contribution < 1.29 is 9.90 Å². The van der Waals surface area contributed by atoms with Gasteiger partial charge in [-0.15, -0.1) is 0 Å². The van der Waals surface area contributed by atoms with Crippen molar-refractivity contribution in [3.63, 3.8) is 0 Å². The van der Waals surface area contributed by atoms with E-state index in [1.807, 2.05) is 0 Å². The second-order valence-corrected chi connectivity index (χ2v) is 5.36. The summed E-state index contributed by atoms with van der Waals surface area (Å²) in [4.78, 5) is 19.5. The van der Waals surface area contributed by atoms with Crippen molar-refractivity contribution in [1.29, 1.82) is 0 Å². The molecule has 1 aromatic heterocycles. The molecule has 0 saturated carbocycles. The first-order chi connectivity index (χ1) is 8.99. The Morgan fingerprint density at radius 1 is 1.37 bits per heavy atom. The maximum absolute atomic E-state index is 10.8. The molecule has 1 aliphatic rings. The predicted octanol–water partition coefficient (Wildman–Crippen LogP) is 1.96. The van der Waals surface area contributed by atoms with Gasteiger partial charge in [-0.3, -0.25) is 4.90 Å². The fourth-order valence-electron chi connectivity index (χ4n) is 2.23. The van der Waals surface area contributed by atoms with Gasteiger partial charge in [0, 0.05) is 38.4 Å². The molecule has 1 saturated heterocycles. The first-order valence-electron chi connectivity index (χ1n) is 6.37. The van der Waals surface area contributed by atoms with Crippen molar-refractivity contribution in [2.24, 2.45) is 0 Å². The highest BCUT2D eigenvalue weighted by molar-refractivity contribution is 6.33. The van der Waals surface area contributed by atoms with E-state index in [-0.39, 0.29) is 5.56 Å². The van der Waals surface area contributed by atoms with Gasteiger partial charge in [0.1, 0.15) is 5.82 Å². The third kappa shape index (κ3) is 3.16. The van der Waals surface area contributed by atoms with Crippen LogP contribution in [0.2, 0.25) is 5.02 Å². The SMILES string of the molecule is CC(C)N1CCN(c2ncc(C(=O)O)cc2Cl)CC1. The minimum atomic E-state index is -1.01. The van der Waals surface area contributed by atoms with E-state index >= 15 is 0 Å². The Morgan fingerprint density at radius 2 is 2.00 bits per heavy atom. The number of rotatable bonds is 3. The molecule has 0 spiro atoms. The number of carboxylic acid groups (broad SMARTS) is 1. The topological polar surface area (TPSA) is 56.7 Å². The lowest BCUT2D eigenvalue weighted by atomic mass is 10.2. The van der Waals surface area contributed by atoms with Gasteiger partial charge >= 0.3 is 5.97 Å². The number of aromatic nitrogens is 1. The van der Waals surface area contributed by atoms with E-state index in [2.05, 4.69) is 28.6 Å². The number of aromatic carboxylic acids is 1. The Morgan fingerprint density at radius 3 is 2.47 bits per heavy atom. The quantitative estimate of drug-likeness (QED) is 0.919. The summed E-state index contributed by atoms with van der Waals surface area (Å²) in [5.41, 5.74) is 0.120. The summed E-state index contributed by atoms with van der Waals surface area (Å²) >= 11 is 6.12. The zero-order valence-corrected chi connectivity index (χ0v) is 11.9. The summed E-state index contributed by atoms with van der Waals surface area (Å²) in [6, 6.07) is 2.00. The van der Waals surface area contributed by atoms with Crippen LogP contribution >= 0.6 is 11.6 Å². The Hall–Kier alpha value is -1.33. The minimum Gasteiger partial charge on any atom is -0.478 e. The van der Waals surface area contributed by atoms with Crippen LogP contribution in [-0.2, 0) is 0 Å². The number of piperazine rings is 1. The van der Waals surface area contributed by atoms with Crippen LogP contribution < -0.4 is 4.90 Å². The number of anilines is 1. The summed E-state index contributed by atoms with van der Waals surface area (Å²) < 4.78 is 0. The molecule has 104 valence electrons. The molecule has 2 rings (SSSR count). The van der Waals surface area contributed by atoms with Crippen LogP contribution in [0.5, 0.6) is 0 Å². The number of halogens is 1. The van der Waals surface area contributed by atoms with Crippen LogP contribution in [0.3, 0.4) is 0 Å². The van der Waals surface area contributed by atoms with Gasteiger partial charge in [0.2, 0.25) is 0 Å². The maximum atomic E-state index is 10.8. The average Bonchev–Trinajstić information content (AvgIpc) is 2.38. The van der Waals surface area contributed by atoms with Crippen LogP contribution in [0.15, 0.2) is 12.3 Å². The van der Waals surface area contributed by atoms with Gasteiger partial charge in [-0.2, -0.15) is 0 Å². The molecular formula is C13H18ClN3O2. The van der Waals surface area contributed by atoms with E-state index in [4.69, 9.17) is 16.7 Å². The summed E-state index contributed by atoms with van der Waals surface area (Å²) in [6.07, 6.45) is 1.36. The zero-order valence-electron chi connectivity index (χ0n) is 11.1. The third-order valence-electron chi connectivity index (χ3n) is 3.41. The fourth-order valence-corrected chi connectivity index (χ4v) is 2.52. The number of carboxylic acids is 1. The molecule has 0 aliphatic carbocycles. The predicted molar refractivity (Wildman–Crippen MR) is 75.1 cm³/mol. The monoisotopic (exact) mass is 283 g/mol. The van der Waals surface area contributed by atoms with E-state index in [9.17, 15) is 4.79 Å². The maximum Gasteiger partial charge on any atom is 0.337 e. The molecule has 1 fully saturated rings. The first kappa shape index (κ1) is 14.1. The minimum absolute atomic E-state index is 0.120. The van der Waals surface area contributed by atoms with Gasteiger partial charge in [-0.1, -0.05) is 11.6 Å². The van der Waals surface area contributed by atoms with E-state index in [0.29, 0.717) is 16.9 Å². The lowest BCUT2D eigenvalue weighted by Gasteiger charge is -2.37. The highest BCUT2D eigenvalue weighted by Gasteiger charge is 2.21. The third-order valence-corrected chi connectivity index (χ3v) is 3.69. The van der Waals surface area contributed by atoms with E-state index < -0.39 is 5.97 Å². The van der Waals surface area contributed by atoms with Crippen LogP contribution in [0, 0.1) is 0 Å². The second-order valence-electron chi connectivity index (χ2n) is 4.95. The summed E-state index contributed by atoms with van der Waals surface area (Å²) in [7, 11) is 0. The van der Waals surface area contributed by atoms with E-state index in [1.54, 1.807) is 0 Å². The van der Waals surface area contributed by atoms with Gasteiger partial charge in [-0.25, -0.2) is 9.78 Å². The van der Waals surface area contributed by atoms with Crippen LogP contribution in [0.1, 0.15) is 24.2 Å². The largest absolute Gasteiger partial charge is 0.478 e. The normalized spacial score (nSPS) is 16.9. The van der Waals surface area contributed by atoms with E-state index in [0.717, 1.165) is 26.2 Å². The zero-order chi connectivity index (χ0) is 14.0. The van der Waals surface area contributed by atoms with Gasteiger partial charge in [0.15, 0.2) is 0 Å². The van der Waals surface area contributed by atoms with Gasteiger partial charge in [0.25, 0.3) is 0 Å². The standard InChI is InChI=1S/C13H18ClN3O2/c1-9(2)16-3-5-17(6-4-16)12-11(14)7-10(8-15-12)13(18)19/h7-9H,3-6H2,1-2H3,(H,18,19). The molecule has 0 bridgehead atoms. The molecule has 5 nitrogen and oxygen atoms in total. The molecular weight excluding hydrogens is 266 g/mol. The molecule has 1 aliphatic heterocycles. The summed E-state index contributed by atoms with van der Waals surface area (Å²) in [5.74, 6) is -0.333. The molecule has 2 heterocycles. The number of pyridine rings is 1. The molecule has 6 heteroatoms. The van der Waals surface area contributed by atoms with Crippen LogP contribution in [0.4, 0.5) is 5.82 Å². The Kier molecular flexibility index (Phi) is 4.27. The van der Waals surface area contributed by atoms with Crippen molar-refractivity contribution in [3.05, 3.63) is 22.8 Å². The number of carbonyl (C=O) groups is 1. The number of nitrogens with zero attached hydrogens (tertiary/aromatic N) is 3. The smallest absolute Gasteiger partial charge is 0.337 e. The van der Waals surface area contributed by atoms with Crippen LogP contribution in [0.25, 0.3) is 0 Å². The van der Waals surface area contributed by atoms with Gasteiger partial charge < -0.3 is 10.0 Å². The Bertz CT molecular complexity index is 471. The lowest BCUT2D eigenvalue weighted by molar-refractivity contribution is 0.0696. The van der Waals surface area contributed by atoms with Gasteiger partial charge in [-0.05, 0) is 19.9 Å². The van der Waals surface area contributed by atoms with Crippen molar-refractivity contribution >= 4 is 23.4 Å². The fraction of sp³-hybridized carbons (Fsp3) is 0.538. The molecule has 0 unspecified atom stereocenters. The first-order valence-corrected chi connectivity index (χ1v) is 6.74. The highest BCUT2D eigenvalue weighted by atomic mass is 35.5. The Balaban J connectivity index is 2.09. The molecule has 0 amide bonds. The molecule has 1 aromatic rings. The number of hydrogen-bond acceptors (Lipinski definition) is 4. The lowest BCUT2D eigenvalue weighted by Crippen LogP contribution is -2.49. The number of hydrogen-bond donors (Lipinski definition) is 1. The molecule has 0 atom stereocenters. The van der Waals surface area contributed by atoms with E-state index in [1.165, 1.54) is 12.3 Å². The van der Waals surface area contributed by atoms with Gasteiger partial charge in [0.05, 0.1) is 10.6 Å².